The molecule has 3 aromatic rings. The van der Waals surface area contributed by atoms with Crippen LogP contribution in [0.1, 0.15) is 44.7 Å². The Morgan fingerprint density at radius 3 is 2.33 bits per heavy atom. The van der Waals surface area contributed by atoms with Crippen molar-refractivity contribution in [2.45, 2.75) is 31.4 Å². The van der Waals surface area contributed by atoms with Gasteiger partial charge in [0.25, 0.3) is 17.4 Å². The zero-order valence-corrected chi connectivity index (χ0v) is 26.2. The van der Waals surface area contributed by atoms with Crippen LogP contribution in [0.5, 0.6) is 23.0 Å². The smallest absolute Gasteiger partial charge is 0.261 e. The molecule has 1 atom stereocenters. The number of pyridine rings is 1. The van der Waals surface area contributed by atoms with Crippen LogP contribution in [0.2, 0.25) is 0 Å². The minimum atomic E-state index is -0.943. The minimum Gasteiger partial charge on any atom is -0.493 e. The number of rotatable bonds is 11. The summed E-state index contributed by atoms with van der Waals surface area (Å²) in [6.07, 6.45) is 2.39. The summed E-state index contributed by atoms with van der Waals surface area (Å²) in [5.74, 6) is 1.13. The van der Waals surface area contributed by atoms with Crippen molar-refractivity contribution in [2.24, 2.45) is 4.99 Å². The maximum absolute atomic E-state index is 13.4. The first-order valence-electron chi connectivity index (χ1n) is 15.1. The first kappa shape index (κ1) is 31.1. The van der Waals surface area contributed by atoms with Crippen LogP contribution in [0.15, 0.2) is 46.3 Å². The van der Waals surface area contributed by atoms with E-state index < -0.39 is 6.10 Å². The van der Waals surface area contributed by atoms with Gasteiger partial charge in [0, 0.05) is 37.3 Å². The molecule has 0 bridgehead atoms. The average molecular weight is 632 g/mol. The number of piperidine rings is 1. The summed E-state index contributed by atoms with van der Waals surface area (Å²) in [6, 6.07) is 8.26. The van der Waals surface area contributed by atoms with Crippen molar-refractivity contribution < 1.29 is 33.6 Å². The van der Waals surface area contributed by atoms with Gasteiger partial charge in [-0.05, 0) is 56.7 Å². The Balaban J connectivity index is 1.15. The Morgan fingerprint density at radius 2 is 1.67 bits per heavy atom. The van der Waals surface area contributed by atoms with Crippen molar-refractivity contribution >= 4 is 28.9 Å². The van der Waals surface area contributed by atoms with Crippen molar-refractivity contribution in [1.82, 2.24) is 14.8 Å². The molecule has 2 aromatic carbocycles. The molecule has 3 aliphatic rings. The first-order chi connectivity index (χ1) is 22.2. The molecule has 13 nitrogen and oxygen atoms in total. The number of hydrogen-bond donors (Lipinski definition) is 3. The third-order valence-corrected chi connectivity index (χ3v) is 8.64. The van der Waals surface area contributed by atoms with E-state index in [-0.39, 0.29) is 36.6 Å². The van der Waals surface area contributed by atoms with Gasteiger partial charge in [0.1, 0.15) is 18.5 Å². The van der Waals surface area contributed by atoms with Gasteiger partial charge in [0.05, 0.1) is 55.1 Å². The Morgan fingerprint density at radius 1 is 1.00 bits per heavy atom. The van der Waals surface area contributed by atoms with E-state index in [1.54, 1.807) is 30.3 Å². The molecule has 3 aliphatic heterocycles. The normalized spacial score (nSPS) is 17.0. The molecule has 242 valence electrons. The Kier molecular flexibility index (Phi) is 8.69. The lowest BCUT2D eigenvalue weighted by atomic mass is 10.00. The van der Waals surface area contributed by atoms with Crippen LogP contribution >= 0.6 is 0 Å². The van der Waals surface area contributed by atoms with E-state index in [4.69, 9.17) is 23.9 Å². The number of carbonyl (C=O) groups is 2. The highest BCUT2D eigenvalue weighted by molar-refractivity contribution is 6.22. The number of methoxy groups -OCH3 is 3. The van der Waals surface area contributed by atoms with Crippen LogP contribution < -0.4 is 29.8 Å². The fourth-order valence-electron chi connectivity index (χ4n) is 6.21. The highest BCUT2D eigenvalue weighted by Crippen LogP contribution is 2.41. The molecule has 0 aliphatic carbocycles. The number of anilines is 1. The zero-order valence-electron chi connectivity index (χ0n) is 26.2. The minimum absolute atomic E-state index is 0.0568. The van der Waals surface area contributed by atoms with Crippen molar-refractivity contribution in [3.8, 4) is 23.0 Å². The molecule has 46 heavy (non-hydrogen) atoms. The summed E-state index contributed by atoms with van der Waals surface area (Å²) in [5, 5.41) is 13.8. The van der Waals surface area contributed by atoms with E-state index in [0.717, 1.165) is 31.5 Å². The maximum atomic E-state index is 13.4. The molecule has 0 saturated carbocycles. The summed E-state index contributed by atoms with van der Waals surface area (Å²) >= 11 is 0. The van der Waals surface area contributed by atoms with Gasteiger partial charge in [-0.15, -0.1) is 0 Å². The second-order valence-electron chi connectivity index (χ2n) is 11.6. The van der Waals surface area contributed by atoms with Gasteiger partial charge in [0.2, 0.25) is 5.75 Å². The molecule has 1 saturated heterocycles. The fraction of sp³-hybridized carbons (Fsp3) is 0.394. The molecule has 1 fully saturated rings. The Hall–Kier alpha value is -4.88. The Labute approximate surface area is 265 Å². The molecule has 1 aromatic heterocycles. The molecule has 4 heterocycles. The monoisotopic (exact) mass is 631 g/mol. The summed E-state index contributed by atoms with van der Waals surface area (Å²) in [6.45, 7) is 1.69. The van der Waals surface area contributed by atoms with Gasteiger partial charge < -0.3 is 39.3 Å². The van der Waals surface area contributed by atoms with Gasteiger partial charge in [-0.3, -0.25) is 24.3 Å². The number of imide groups is 1. The average Bonchev–Trinajstić information content (AvgIpc) is 3.58. The van der Waals surface area contributed by atoms with E-state index in [1.807, 2.05) is 7.05 Å². The van der Waals surface area contributed by atoms with Crippen LogP contribution in [0.4, 0.5) is 11.4 Å². The number of fused-ring (bicyclic) bond motifs is 2. The van der Waals surface area contributed by atoms with E-state index in [1.165, 1.54) is 32.4 Å². The number of nitrogens with zero attached hydrogens (tertiary/aromatic N) is 3. The third kappa shape index (κ3) is 5.79. The Bertz CT molecular complexity index is 1740. The van der Waals surface area contributed by atoms with Crippen molar-refractivity contribution in [3.63, 3.8) is 0 Å². The highest BCUT2D eigenvalue weighted by Gasteiger charge is 2.42. The van der Waals surface area contributed by atoms with Crippen LogP contribution in [0.25, 0.3) is 0 Å². The van der Waals surface area contributed by atoms with Gasteiger partial charge >= 0.3 is 0 Å². The lowest BCUT2D eigenvalue weighted by Gasteiger charge is -2.33. The maximum Gasteiger partial charge on any atom is 0.261 e. The molecule has 6 rings (SSSR count). The number of H-pyrrole nitrogens is 1. The molecule has 3 N–H and O–H groups in total. The molecule has 13 heteroatoms. The SMILES string of the molecule is COc1cc(OCC(O)CNc2cc[nH]c(=O)c2C2=Nc3cc4c(cc3C2)C(=O)N(C2CCN(C)CC2)C4=O)cc(OC)c1OC. The van der Waals surface area contributed by atoms with Crippen molar-refractivity contribution in [1.29, 1.82) is 0 Å². The lowest BCUT2D eigenvalue weighted by molar-refractivity contribution is 0.0516. The van der Waals surface area contributed by atoms with Crippen molar-refractivity contribution in [3.05, 3.63) is 69.1 Å². The molecule has 1 unspecified atom stereocenters. The number of likely N-dealkylation sites (tertiary alicyclic amines) is 1. The van der Waals surface area contributed by atoms with Crippen LogP contribution in [0.3, 0.4) is 0 Å². The summed E-state index contributed by atoms with van der Waals surface area (Å²) in [4.78, 5) is 50.8. The summed E-state index contributed by atoms with van der Waals surface area (Å²) in [5.41, 5.74) is 3.02. The molecule has 0 spiro atoms. The second kappa shape index (κ2) is 12.9. The largest absolute Gasteiger partial charge is 0.493 e. The van der Waals surface area contributed by atoms with Crippen LogP contribution in [0, 0.1) is 0 Å². The number of aliphatic imine (C=N–C) groups is 1. The van der Waals surface area contributed by atoms with Gasteiger partial charge in [-0.2, -0.15) is 0 Å². The number of carbonyl (C=O) groups excluding carboxylic acids is 2. The highest BCUT2D eigenvalue weighted by atomic mass is 16.5. The van der Waals surface area contributed by atoms with E-state index in [2.05, 4.69) is 15.2 Å². The van der Waals surface area contributed by atoms with Crippen molar-refractivity contribution in [2.75, 3.05) is 59.9 Å². The number of ether oxygens (including phenoxy) is 4. The number of aliphatic hydroxyl groups is 1. The first-order valence-corrected chi connectivity index (χ1v) is 15.1. The molecular formula is C33H37N5O8. The number of hydrogen-bond acceptors (Lipinski definition) is 11. The summed E-state index contributed by atoms with van der Waals surface area (Å²) < 4.78 is 21.8. The summed E-state index contributed by atoms with van der Waals surface area (Å²) in [7, 11) is 6.55. The predicted octanol–water partition coefficient (Wildman–Crippen LogP) is 2.62. The van der Waals surface area contributed by atoms with Crippen LogP contribution in [-0.4, -0.2) is 104 Å². The fourth-order valence-corrected chi connectivity index (χ4v) is 6.21. The number of amides is 2. The predicted molar refractivity (Wildman–Crippen MR) is 171 cm³/mol. The second-order valence-corrected chi connectivity index (χ2v) is 11.6. The quantitative estimate of drug-likeness (QED) is 0.269. The standard InChI is InChI=1S/C33H37N5O8/c1-37-9-6-19(7-10-37)38-32(41)22-11-18-12-26(36-25(18)15-23(22)33(38)42)29-24(5-8-34-31(29)40)35-16-20(39)17-46-21-13-27(43-2)30(45-4)28(14-21)44-3/h5,8,11,13-15,19-20,39H,6-7,9-10,12,16-17H2,1-4H3,(H2,34,35,40). The zero-order chi connectivity index (χ0) is 32.5. The van der Waals surface area contributed by atoms with E-state index in [9.17, 15) is 19.5 Å². The van der Waals surface area contributed by atoms with Crippen LogP contribution in [-0.2, 0) is 6.42 Å². The number of aromatic nitrogens is 1. The number of benzene rings is 2. The molecular weight excluding hydrogens is 594 g/mol. The number of aliphatic hydroxyl groups excluding tert-OH is 1. The lowest BCUT2D eigenvalue weighted by Crippen LogP contribution is -2.46. The molecule has 2 amide bonds. The van der Waals surface area contributed by atoms with Gasteiger partial charge in [0.15, 0.2) is 11.5 Å². The topological polar surface area (TPSA) is 155 Å². The van der Waals surface area contributed by atoms with Gasteiger partial charge in [-0.1, -0.05) is 0 Å². The van der Waals surface area contributed by atoms with E-state index in [0.29, 0.717) is 63.2 Å². The molecule has 0 radical (unpaired) electrons. The number of nitrogens with one attached hydrogen (secondary N) is 2. The van der Waals surface area contributed by atoms with Gasteiger partial charge in [-0.25, -0.2) is 0 Å². The third-order valence-electron chi connectivity index (χ3n) is 8.64. The van der Waals surface area contributed by atoms with E-state index >= 15 is 0 Å². The number of aromatic amines is 1.